The lowest BCUT2D eigenvalue weighted by molar-refractivity contribution is -0.134. The number of benzene rings is 1. The van der Waals surface area contributed by atoms with Gasteiger partial charge in [0.2, 0.25) is 15.9 Å². The van der Waals surface area contributed by atoms with Crippen LogP contribution >= 0.6 is 0 Å². The van der Waals surface area contributed by atoms with Crippen LogP contribution in [0.25, 0.3) is 0 Å². The van der Waals surface area contributed by atoms with Gasteiger partial charge in [-0.25, -0.2) is 13.2 Å². The first kappa shape index (κ1) is 23.6. The number of nitrogens with one attached hydrogen (secondary N) is 1. The van der Waals surface area contributed by atoms with Gasteiger partial charge < -0.3 is 15.0 Å². The van der Waals surface area contributed by atoms with Crippen molar-refractivity contribution in [2.75, 3.05) is 39.0 Å². The summed E-state index contributed by atoms with van der Waals surface area (Å²) in [4.78, 5) is 26.9. The number of sulfonamides is 1. The number of unbranched alkanes of at least 4 members (excludes halogenated alkanes) is 1. The second kappa shape index (κ2) is 10.9. The van der Waals surface area contributed by atoms with Gasteiger partial charge in [0.25, 0.3) is 0 Å². The van der Waals surface area contributed by atoms with Gasteiger partial charge >= 0.3 is 6.09 Å². The molecule has 0 aliphatic carbocycles. The fourth-order valence-corrected chi connectivity index (χ4v) is 4.01. The molecule has 9 nitrogen and oxygen atoms in total. The number of alkyl carbamates (subject to hydrolysis) is 1. The molecule has 0 radical (unpaired) electrons. The van der Waals surface area contributed by atoms with E-state index in [0.29, 0.717) is 11.1 Å². The molecule has 1 N–H and O–H groups in total. The Morgan fingerprint density at radius 2 is 1.90 bits per heavy atom. The van der Waals surface area contributed by atoms with Gasteiger partial charge in [-0.3, -0.25) is 4.79 Å². The third kappa shape index (κ3) is 6.71. The quantitative estimate of drug-likeness (QED) is 0.610. The minimum atomic E-state index is -3.32. The zero-order valence-corrected chi connectivity index (χ0v) is 18.2. The Hall–Kier alpha value is -2.64. The van der Waals surface area contributed by atoms with Crippen molar-refractivity contribution in [3.63, 3.8) is 0 Å². The highest BCUT2D eigenvalue weighted by molar-refractivity contribution is 7.88. The van der Waals surface area contributed by atoms with Gasteiger partial charge in [0.05, 0.1) is 24.5 Å². The number of rotatable bonds is 8. The van der Waals surface area contributed by atoms with Crippen LogP contribution in [-0.2, 0) is 26.0 Å². The van der Waals surface area contributed by atoms with Crippen LogP contribution in [0, 0.1) is 11.3 Å². The van der Waals surface area contributed by atoms with Gasteiger partial charge in [-0.1, -0.05) is 31.5 Å². The van der Waals surface area contributed by atoms with E-state index in [1.165, 1.54) is 9.21 Å². The van der Waals surface area contributed by atoms with Crippen LogP contribution in [0.1, 0.15) is 30.9 Å². The van der Waals surface area contributed by atoms with Crippen molar-refractivity contribution in [2.45, 2.75) is 32.2 Å². The fraction of sp³-hybridized carbons (Fsp3) is 0.550. The molecule has 1 fully saturated rings. The number of carbonyl (C=O) groups is 2. The second-order valence-corrected chi connectivity index (χ2v) is 9.13. The van der Waals surface area contributed by atoms with Crippen LogP contribution in [0.5, 0.6) is 0 Å². The predicted octanol–water partition coefficient (Wildman–Crippen LogP) is 1.10. The lowest BCUT2D eigenvalue weighted by Crippen LogP contribution is -2.56. The molecule has 1 aliphatic heterocycles. The van der Waals surface area contributed by atoms with Crippen LogP contribution in [0.3, 0.4) is 0 Å². The highest BCUT2D eigenvalue weighted by Crippen LogP contribution is 2.14. The van der Waals surface area contributed by atoms with Crippen molar-refractivity contribution < 1.29 is 22.7 Å². The third-order valence-electron chi connectivity index (χ3n) is 4.90. The summed E-state index contributed by atoms with van der Waals surface area (Å²) in [6.07, 6.45) is 2.18. The van der Waals surface area contributed by atoms with Crippen LogP contribution in [-0.4, -0.2) is 74.7 Å². The maximum atomic E-state index is 13.1. The Morgan fingerprint density at radius 1 is 1.23 bits per heavy atom. The molecular formula is C20H28N4O5S. The van der Waals surface area contributed by atoms with Crippen LogP contribution in [0.4, 0.5) is 4.79 Å². The van der Waals surface area contributed by atoms with Crippen molar-refractivity contribution >= 4 is 22.0 Å². The number of amides is 2. The lowest BCUT2D eigenvalue weighted by Gasteiger charge is -2.35. The molecule has 1 atom stereocenters. The minimum absolute atomic E-state index is 0.137. The highest BCUT2D eigenvalue weighted by atomic mass is 32.2. The molecule has 1 aromatic carbocycles. The standard InChI is InChI=1S/C20H28N4O5S/c1-3-4-13-29-20(26)22-18(14-16-7-5-6-8-17(16)15-21)19(25)23-9-11-24(12-10-23)30(2,27)28/h5-8,18H,3-4,9-14H2,1-2H3,(H,22,26). The van der Waals surface area contributed by atoms with Gasteiger partial charge in [0.15, 0.2) is 0 Å². The summed E-state index contributed by atoms with van der Waals surface area (Å²) in [7, 11) is -3.32. The van der Waals surface area contributed by atoms with E-state index in [0.717, 1.165) is 19.1 Å². The summed E-state index contributed by atoms with van der Waals surface area (Å²) >= 11 is 0. The van der Waals surface area contributed by atoms with Crippen LogP contribution in [0.2, 0.25) is 0 Å². The number of hydrogen-bond acceptors (Lipinski definition) is 6. The lowest BCUT2D eigenvalue weighted by atomic mass is 10.00. The van der Waals surface area contributed by atoms with Crippen molar-refractivity contribution in [3.05, 3.63) is 35.4 Å². The summed E-state index contributed by atoms with van der Waals surface area (Å²) in [5.41, 5.74) is 1.07. The summed E-state index contributed by atoms with van der Waals surface area (Å²) in [6, 6.07) is 8.07. The molecular weight excluding hydrogens is 408 g/mol. The second-order valence-electron chi connectivity index (χ2n) is 7.15. The SMILES string of the molecule is CCCCOC(=O)NC(Cc1ccccc1C#N)C(=O)N1CCN(S(C)(=O)=O)CC1. The summed E-state index contributed by atoms with van der Waals surface area (Å²) in [5, 5.41) is 12.0. The van der Waals surface area contributed by atoms with E-state index >= 15 is 0 Å². The Balaban J connectivity index is 2.13. The minimum Gasteiger partial charge on any atom is -0.450 e. The molecule has 1 aromatic rings. The smallest absolute Gasteiger partial charge is 0.407 e. The molecule has 2 rings (SSSR count). The number of nitriles is 1. The maximum absolute atomic E-state index is 13.1. The summed E-state index contributed by atoms with van der Waals surface area (Å²) < 4.78 is 29.9. The van der Waals surface area contributed by atoms with E-state index in [4.69, 9.17) is 4.74 Å². The highest BCUT2D eigenvalue weighted by Gasteiger charge is 2.31. The molecule has 0 spiro atoms. The molecule has 2 amide bonds. The van der Waals surface area contributed by atoms with E-state index in [1.54, 1.807) is 24.3 Å². The van der Waals surface area contributed by atoms with Gasteiger partial charge in [0, 0.05) is 32.6 Å². The third-order valence-corrected chi connectivity index (χ3v) is 6.21. The number of piperazine rings is 1. The largest absolute Gasteiger partial charge is 0.450 e. The number of carbonyl (C=O) groups excluding carboxylic acids is 2. The Labute approximate surface area is 177 Å². The van der Waals surface area contributed by atoms with Gasteiger partial charge in [-0.2, -0.15) is 9.57 Å². The van der Waals surface area contributed by atoms with Crippen molar-refractivity contribution in [2.24, 2.45) is 0 Å². The normalized spacial score (nSPS) is 15.8. The van der Waals surface area contributed by atoms with Gasteiger partial charge in [-0.15, -0.1) is 0 Å². The molecule has 1 unspecified atom stereocenters. The van der Waals surface area contributed by atoms with Crippen molar-refractivity contribution in [1.82, 2.24) is 14.5 Å². The van der Waals surface area contributed by atoms with Gasteiger partial charge in [0.1, 0.15) is 6.04 Å². The molecule has 0 bridgehead atoms. The zero-order valence-electron chi connectivity index (χ0n) is 17.3. The molecule has 0 saturated carbocycles. The average molecular weight is 437 g/mol. The van der Waals surface area contributed by atoms with Gasteiger partial charge in [-0.05, 0) is 18.1 Å². The average Bonchev–Trinajstić information content (AvgIpc) is 2.72. The predicted molar refractivity (Wildman–Crippen MR) is 111 cm³/mol. The Bertz CT molecular complexity index is 889. The molecule has 1 heterocycles. The number of nitrogens with zero attached hydrogens (tertiary/aromatic N) is 3. The van der Waals surface area contributed by atoms with E-state index in [2.05, 4.69) is 11.4 Å². The molecule has 0 aromatic heterocycles. The molecule has 10 heteroatoms. The molecule has 164 valence electrons. The summed E-state index contributed by atoms with van der Waals surface area (Å²) in [6.45, 7) is 3.09. The molecule has 30 heavy (non-hydrogen) atoms. The molecule has 1 aliphatic rings. The Morgan fingerprint density at radius 3 is 2.50 bits per heavy atom. The molecule has 1 saturated heterocycles. The first-order chi connectivity index (χ1) is 14.3. The van der Waals surface area contributed by atoms with Crippen LogP contribution in [0.15, 0.2) is 24.3 Å². The monoisotopic (exact) mass is 436 g/mol. The van der Waals surface area contributed by atoms with E-state index < -0.39 is 22.2 Å². The zero-order chi connectivity index (χ0) is 22.1. The van der Waals surface area contributed by atoms with E-state index in [-0.39, 0.29) is 45.1 Å². The van der Waals surface area contributed by atoms with E-state index in [9.17, 15) is 23.3 Å². The van der Waals surface area contributed by atoms with Crippen molar-refractivity contribution in [3.8, 4) is 6.07 Å². The van der Waals surface area contributed by atoms with E-state index in [1.807, 2.05) is 6.92 Å². The number of ether oxygens (including phenoxy) is 1. The first-order valence-electron chi connectivity index (χ1n) is 9.91. The summed E-state index contributed by atoms with van der Waals surface area (Å²) in [5.74, 6) is -0.330. The topological polar surface area (TPSA) is 120 Å². The number of hydrogen-bond donors (Lipinski definition) is 1. The van der Waals surface area contributed by atoms with Crippen LogP contribution < -0.4 is 5.32 Å². The first-order valence-corrected chi connectivity index (χ1v) is 11.8. The van der Waals surface area contributed by atoms with Crippen molar-refractivity contribution in [1.29, 1.82) is 5.26 Å². The Kier molecular flexibility index (Phi) is 8.62. The fourth-order valence-electron chi connectivity index (χ4n) is 3.18. The maximum Gasteiger partial charge on any atom is 0.407 e.